The molecule has 3 atom stereocenters. The zero-order valence-electron chi connectivity index (χ0n) is 22.9. The lowest BCUT2D eigenvalue weighted by molar-refractivity contribution is -0.144. The van der Waals surface area contributed by atoms with Gasteiger partial charge < -0.3 is 14.6 Å². The lowest BCUT2D eigenvalue weighted by Crippen LogP contribution is -2.57. The van der Waals surface area contributed by atoms with E-state index in [1.165, 1.54) is 0 Å². The molecule has 0 saturated carbocycles. The summed E-state index contributed by atoms with van der Waals surface area (Å²) in [7, 11) is 0. The number of aliphatic hydroxyl groups is 1. The molecular formula is C27H43N3O8. The highest BCUT2D eigenvalue weighted by Crippen LogP contribution is 2.11. The summed E-state index contributed by atoms with van der Waals surface area (Å²) >= 11 is 0. The molecule has 38 heavy (non-hydrogen) atoms. The molecule has 0 bridgehead atoms. The van der Waals surface area contributed by atoms with Crippen LogP contribution >= 0.6 is 0 Å². The normalized spacial score (nSPS) is 13.4. The van der Waals surface area contributed by atoms with Crippen LogP contribution in [0.2, 0.25) is 0 Å². The van der Waals surface area contributed by atoms with Gasteiger partial charge >= 0.3 is 29.0 Å². The van der Waals surface area contributed by atoms with E-state index < -0.39 is 47.4 Å². The van der Waals surface area contributed by atoms with Crippen molar-refractivity contribution >= 4 is 11.9 Å². The molecule has 11 heteroatoms. The van der Waals surface area contributed by atoms with Crippen LogP contribution in [-0.2, 0) is 32.2 Å². The maximum atomic E-state index is 13.5. The molecule has 3 unspecified atom stereocenters. The van der Waals surface area contributed by atoms with Crippen molar-refractivity contribution in [2.75, 3.05) is 0 Å². The van der Waals surface area contributed by atoms with Gasteiger partial charge in [-0.25, -0.2) is 37.7 Å². The summed E-state index contributed by atoms with van der Waals surface area (Å²) in [5.41, 5.74) is -2.93. The van der Waals surface area contributed by atoms with Crippen LogP contribution in [0.3, 0.4) is 0 Å². The molecule has 0 aliphatic rings. The Bertz CT molecular complexity index is 1030. The minimum atomic E-state index is -1.46. The second-order valence-corrected chi connectivity index (χ2v) is 9.23. The minimum Gasteiger partial charge on any atom is -0.457 e. The monoisotopic (exact) mass is 537 g/mol. The van der Waals surface area contributed by atoms with E-state index in [0.717, 1.165) is 47.0 Å². The van der Waals surface area contributed by atoms with E-state index in [1.807, 2.05) is 20.8 Å². The summed E-state index contributed by atoms with van der Waals surface area (Å²) in [6.45, 7) is 12.0. The Labute approximate surface area is 223 Å². The molecule has 0 spiro atoms. The number of carbonyl (C=O) groups excluding carboxylic acids is 2. The summed E-state index contributed by atoms with van der Waals surface area (Å²) in [6.07, 6.45) is 4.83. The van der Waals surface area contributed by atoms with Crippen LogP contribution in [0.4, 0.5) is 0 Å². The molecule has 0 radical (unpaired) electrons. The van der Waals surface area contributed by atoms with E-state index in [4.69, 9.17) is 9.47 Å². The Morgan fingerprint density at radius 1 is 0.737 bits per heavy atom. The summed E-state index contributed by atoms with van der Waals surface area (Å²) < 4.78 is 13.0. The van der Waals surface area contributed by atoms with Crippen molar-refractivity contribution in [3.8, 4) is 0 Å². The highest BCUT2D eigenvalue weighted by atomic mass is 16.5. The van der Waals surface area contributed by atoms with Crippen LogP contribution in [0.1, 0.15) is 91.2 Å². The number of hydrogen-bond donors (Lipinski definition) is 1. The number of unbranched alkanes of at least 4 members (excludes halogenated alkanes) is 4. The maximum Gasteiger partial charge on any atom is 0.338 e. The molecule has 1 aromatic heterocycles. The van der Waals surface area contributed by atoms with Crippen molar-refractivity contribution in [2.24, 2.45) is 0 Å². The lowest BCUT2D eigenvalue weighted by atomic mass is 10.1. The average Bonchev–Trinajstić information content (AvgIpc) is 2.90. The molecule has 1 N–H and O–H groups in total. The molecule has 1 rings (SSSR count). The average molecular weight is 538 g/mol. The van der Waals surface area contributed by atoms with Crippen molar-refractivity contribution in [3.63, 3.8) is 0 Å². The van der Waals surface area contributed by atoms with Gasteiger partial charge in [0.2, 0.25) is 0 Å². The fraction of sp³-hybridized carbons (Fsp3) is 0.667. The van der Waals surface area contributed by atoms with Gasteiger partial charge in [-0.05, 0) is 38.5 Å². The number of hydrogen-bond acceptors (Lipinski definition) is 8. The molecule has 1 aromatic rings. The molecule has 0 aliphatic carbocycles. The van der Waals surface area contributed by atoms with Crippen molar-refractivity contribution in [1.29, 1.82) is 0 Å². The number of esters is 2. The first-order valence-electron chi connectivity index (χ1n) is 13.4. The van der Waals surface area contributed by atoms with Gasteiger partial charge in [-0.3, -0.25) is 0 Å². The molecule has 11 nitrogen and oxygen atoms in total. The Hall–Kier alpha value is -3.21. The first kappa shape index (κ1) is 32.8. The van der Waals surface area contributed by atoms with Crippen molar-refractivity contribution < 1.29 is 24.2 Å². The predicted octanol–water partition coefficient (Wildman–Crippen LogP) is 2.82. The largest absolute Gasteiger partial charge is 0.457 e. The first-order chi connectivity index (χ1) is 18.1. The highest BCUT2D eigenvalue weighted by Gasteiger charge is 2.25. The molecule has 1 heterocycles. The second kappa shape index (κ2) is 17.3. The Kier molecular flexibility index (Phi) is 15.0. The minimum absolute atomic E-state index is 0.136. The van der Waals surface area contributed by atoms with Gasteiger partial charge in [-0.2, -0.15) is 0 Å². The summed E-state index contributed by atoms with van der Waals surface area (Å²) in [6, 6.07) is 0. The highest BCUT2D eigenvalue weighted by molar-refractivity contribution is 5.81. The number of rotatable bonds is 19. The Balaban J connectivity index is 3.67. The zero-order valence-corrected chi connectivity index (χ0v) is 22.9. The fourth-order valence-corrected chi connectivity index (χ4v) is 4.00. The van der Waals surface area contributed by atoms with Gasteiger partial charge in [0.25, 0.3) is 0 Å². The van der Waals surface area contributed by atoms with Gasteiger partial charge in [0.1, 0.15) is 18.4 Å². The maximum absolute atomic E-state index is 13.5. The first-order valence-corrected chi connectivity index (χ1v) is 13.4. The standard InChI is InChI=1S/C27H43N3O8/c1-6-11-14-17-22(31)30-26(35)28(18-20(15-12-7-2)37-23(32)9-4)25(34)29(27(30)36)19-21(16-13-8-3)38-24(33)10-5/h9-10,20-22,31H,4-8,11-19H2,1-3H3. The Morgan fingerprint density at radius 3 is 1.53 bits per heavy atom. The van der Waals surface area contributed by atoms with Crippen molar-refractivity contribution in [1.82, 2.24) is 13.7 Å². The van der Waals surface area contributed by atoms with Crippen molar-refractivity contribution in [2.45, 2.75) is 117 Å². The topological polar surface area (TPSA) is 139 Å². The third kappa shape index (κ3) is 9.92. The van der Waals surface area contributed by atoms with Crippen LogP contribution in [-0.4, -0.2) is 43.0 Å². The third-order valence-corrected chi connectivity index (χ3v) is 6.13. The quantitative estimate of drug-likeness (QED) is 0.161. The van der Waals surface area contributed by atoms with Crippen molar-refractivity contribution in [3.05, 3.63) is 56.8 Å². The van der Waals surface area contributed by atoms with Gasteiger partial charge in [-0.15, -0.1) is 0 Å². The van der Waals surface area contributed by atoms with Gasteiger partial charge in [-0.1, -0.05) is 59.6 Å². The Morgan fingerprint density at radius 2 is 1.16 bits per heavy atom. The lowest BCUT2D eigenvalue weighted by Gasteiger charge is -2.23. The van der Waals surface area contributed by atoms with Crippen LogP contribution in [0, 0.1) is 0 Å². The molecule has 0 aromatic carbocycles. The van der Waals surface area contributed by atoms with Crippen LogP contribution in [0.15, 0.2) is 39.7 Å². The molecule has 0 aliphatic heterocycles. The number of nitrogens with zero attached hydrogens (tertiary/aromatic N) is 3. The van der Waals surface area contributed by atoms with Gasteiger partial charge in [0.15, 0.2) is 0 Å². The van der Waals surface area contributed by atoms with E-state index in [9.17, 15) is 29.1 Å². The zero-order chi connectivity index (χ0) is 28.7. The molecule has 214 valence electrons. The molecule has 0 amide bonds. The fourth-order valence-electron chi connectivity index (χ4n) is 4.00. The van der Waals surface area contributed by atoms with E-state index in [2.05, 4.69) is 13.2 Å². The van der Waals surface area contributed by atoms with Crippen LogP contribution < -0.4 is 17.1 Å². The summed E-state index contributed by atoms with van der Waals surface area (Å²) in [5.74, 6) is -1.41. The predicted molar refractivity (Wildman–Crippen MR) is 144 cm³/mol. The van der Waals surface area contributed by atoms with E-state index >= 15 is 0 Å². The second-order valence-electron chi connectivity index (χ2n) is 9.23. The molecule has 0 fully saturated rings. The third-order valence-electron chi connectivity index (χ3n) is 6.13. The van der Waals surface area contributed by atoms with E-state index in [-0.39, 0.29) is 19.5 Å². The smallest absolute Gasteiger partial charge is 0.338 e. The van der Waals surface area contributed by atoms with E-state index in [0.29, 0.717) is 36.7 Å². The summed E-state index contributed by atoms with van der Waals surface area (Å²) in [4.78, 5) is 64.0. The van der Waals surface area contributed by atoms with Crippen LogP contribution in [0.25, 0.3) is 0 Å². The van der Waals surface area contributed by atoms with Gasteiger partial charge in [0, 0.05) is 12.2 Å². The number of aliphatic hydroxyl groups excluding tert-OH is 1. The summed E-state index contributed by atoms with van der Waals surface area (Å²) in [5, 5.41) is 10.8. The van der Waals surface area contributed by atoms with E-state index in [1.54, 1.807) is 0 Å². The number of ether oxygens (including phenoxy) is 2. The van der Waals surface area contributed by atoms with Gasteiger partial charge in [0.05, 0.1) is 13.1 Å². The van der Waals surface area contributed by atoms with Crippen LogP contribution in [0.5, 0.6) is 0 Å². The SMILES string of the molecule is C=CC(=O)OC(CCCC)Cn1c(=O)n(CC(CCCC)OC(=O)C=C)c(=O)n(C(O)CCCCC)c1=O. The molecule has 0 saturated heterocycles. The molecular weight excluding hydrogens is 494 g/mol. The number of carbonyl (C=O) groups is 2. The number of aromatic nitrogens is 3.